The SMILES string of the molecule is C=C.CCC.CCCN(Cc1ncc(-c2ccc(C#C/C=C/N=C(N)C3CCCN3)c(-c3cccc(C(C)(C)C)c3)c2)[nH]1)C(=O)CNC=O.COC. The number of rotatable bonds is 11. The Bertz CT molecular complexity index is 1620. The average molecular weight is 712 g/mol. The van der Waals surface area contributed by atoms with Gasteiger partial charge in [0, 0.05) is 44.2 Å². The van der Waals surface area contributed by atoms with E-state index in [2.05, 4.69) is 120 Å². The molecule has 0 saturated carbocycles. The normalized spacial score (nSPS) is 13.6. The van der Waals surface area contributed by atoms with Gasteiger partial charge in [0.25, 0.3) is 0 Å². The fourth-order valence-corrected chi connectivity index (χ4v) is 5.09. The maximum Gasteiger partial charge on any atom is 0.242 e. The summed E-state index contributed by atoms with van der Waals surface area (Å²) >= 11 is 0. The number of ether oxygens (including phenoxy) is 1. The summed E-state index contributed by atoms with van der Waals surface area (Å²) in [7, 11) is 3.25. The summed E-state index contributed by atoms with van der Waals surface area (Å²) in [5, 5.41) is 5.80. The lowest BCUT2D eigenvalue weighted by Crippen LogP contribution is -2.38. The highest BCUT2D eigenvalue weighted by Gasteiger charge is 2.18. The number of hydrogen-bond acceptors (Lipinski definition) is 6. The monoisotopic (exact) mass is 711 g/mol. The number of amidine groups is 1. The van der Waals surface area contributed by atoms with E-state index in [-0.39, 0.29) is 23.9 Å². The number of carbonyl (C=O) groups excluding carboxylic acids is 2. The Morgan fingerprint density at radius 2 is 1.87 bits per heavy atom. The molecule has 1 atom stereocenters. The van der Waals surface area contributed by atoms with Gasteiger partial charge in [0.2, 0.25) is 12.3 Å². The second-order valence-electron chi connectivity index (χ2n) is 13.1. The van der Waals surface area contributed by atoms with Crippen molar-refractivity contribution in [1.82, 2.24) is 25.5 Å². The van der Waals surface area contributed by atoms with Gasteiger partial charge in [0.1, 0.15) is 11.7 Å². The lowest BCUT2D eigenvalue weighted by atomic mass is 9.85. The van der Waals surface area contributed by atoms with E-state index in [1.54, 1.807) is 37.6 Å². The van der Waals surface area contributed by atoms with E-state index in [9.17, 15) is 9.59 Å². The minimum absolute atomic E-state index is 0.00434. The maximum atomic E-state index is 12.6. The van der Waals surface area contributed by atoms with E-state index >= 15 is 0 Å². The van der Waals surface area contributed by atoms with E-state index < -0.39 is 0 Å². The summed E-state index contributed by atoms with van der Waals surface area (Å²) in [6.45, 7) is 20.7. The van der Waals surface area contributed by atoms with Crippen LogP contribution in [0.1, 0.15) is 84.2 Å². The first-order valence-corrected chi connectivity index (χ1v) is 17.9. The number of nitrogens with two attached hydrogens (primary N) is 1. The van der Waals surface area contributed by atoms with Crippen LogP contribution in [0.4, 0.5) is 0 Å². The highest BCUT2D eigenvalue weighted by Crippen LogP contribution is 2.32. The van der Waals surface area contributed by atoms with Gasteiger partial charge < -0.3 is 31.0 Å². The third-order valence-electron chi connectivity index (χ3n) is 7.53. The van der Waals surface area contributed by atoms with Gasteiger partial charge in [-0.05, 0) is 60.0 Å². The molecule has 5 N–H and O–H groups in total. The van der Waals surface area contributed by atoms with Crippen molar-refractivity contribution < 1.29 is 14.3 Å². The Morgan fingerprint density at radius 1 is 1.15 bits per heavy atom. The van der Waals surface area contributed by atoms with Crippen LogP contribution in [0.25, 0.3) is 22.4 Å². The van der Waals surface area contributed by atoms with Crippen molar-refractivity contribution in [3.63, 3.8) is 0 Å². The van der Waals surface area contributed by atoms with Crippen molar-refractivity contribution in [2.24, 2.45) is 10.7 Å². The third-order valence-corrected chi connectivity index (χ3v) is 7.53. The number of imidazole rings is 1. The first-order valence-electron chi connectivity index (χ1n) is 17.9. The fourth-order valence-electron chi connectivity index (χ4n) is 5.09. The van der Waals surface area contributed by atoms with Crippen LogP contribution < -0.4 is 16.4 Å². The number of nitrogens with one attached hydrogen (secondary N) is 3. The van der Waals surface area contributed by atoms with Gasteiger partial charge in [-0.1, -0.05) is 90.1 Å². The quantitative estimate of drug-likeness (QED) is 0.0557. The van der Waals surface area contributed by atoms with Gasteiger partial charge in [0.15, 0.2) is 0 Å². The number of amides is 2. The highest BCUT2D eigenvalue weighted by atomic mass is 16.4. The molecule has 0 aliphatic carbocycles. The topological polar surface area (TPSA) is 138 Å². The zero-order chi connectivity index (χ0) is 38.9. The van der Waals surface area contributed by atoms with Crippen molar-refractivity contribution in [1.29, 1.82) is 0 Å². The lowest BCUT2D eigenvalue weighted by molar-refractivity contribution is -0.132. The van der Waals surface area contributed by atoms with Gasteiger partial charge in [-0.25, -0.2) is 9.98 Å². The standard InChI is InChI=1S/C35H43N7O2.C3H8.C2H6O.C2H4/c1-5-18-42(33(44)22-37-24-43)23-32-40-21-31(41-32)27-15-14-25(10-6-7-16-39-34(36)30-13-9-17-38-30)29(20-27)26-11-8-12-28(19-26)35(2,3)4;2*1-3-2;1-2/h7-8,11-12,14-16,19-21,24,30,38H,5,9,13,17-18,22-23H2,1-4H3,(H2,36,39)(H,37,43)(H,40,41);3H2,1-2H3;1-2H3;1-2H2/b16-7+;;;. The molecule has 282 valence electrons. The summed E-state index contributed by atoms with van der Waals surface area (Å²) in [5.41, 5.74) is 12.1. The van der Waals surface area contributed by atoms with Crippen LogP contribution in [0.5, 0.6) is 0 Å². The van der Waals surface area contributed by atoms with E-state index in [4.69, 9.17) is 5.73 Å². The molecular weight excluding hydrogens is 651 g/mol. The van der Waals surface area contributed by atoms with Crippen LogP contribution in [-0.4, -0.2) is 72.9 Å². The lowest BCUT2D eigenvalue weighted by Gasteiger charge is -2.20. The molecule has 10 nitrogen and oxygen atoms in total. The van der Waals surface area contributed by atoms with Crippen LogP contribution in [0, 0.1) is 11.8 Å². The Kier molecular flexibility index (Phi) is 21.7. The van der Waals surface area contributed by atoms with Gasteiger partial charge in [-0.15, -0.1) is 13.2 Å². The molecule has 0 bridgehead atoms. The second-order valence-corrected chi connectivity index (χ2v) is 13.1. The van der Waals surface area contributed by atoms with Gasteiger partial charge >= 0.3 is 0 Å². The van der Waals surface area contributed by atoms with Gasteiger partial charge in [-0.2, -0.15) is 0 Å². The Morgan fingerprint density at radius 3 is 2.48 bits per heavy atom. The second kappa shape index (κ2) is 25.1. The molecule has 0 spiro atoms. The van der Waals surface area contributed by atoms with Crippen LogP contribution in [0.15, 0.2) is 79.1 Å². The minimum Gasteiger partial charge on any atom is -0.388 e. The van der Waals surface area contributed by atoms with Crippen LogP contribution in [0.2, 0.25) is 0 Å². The zero-order valence-corrected chi connectivity index (χ0v) is 32.6. The number of nitrogens with zero attached hydrogens (tertiary/aromatic N) is 3. The molecule has 1 aromatic heterocycles. The van der Waals surface area contributed by atoms with Gasteiger partial charge in [0.05, 0.1) is 31.0 Å². The molecule has 2 heterocycles. The predicted octanol–water partition coefficient (Wildman–Crippen LogP) is 6.98. The summed E-state index contributed by atoms with van der Waals surface area (Å²) in [5.74, 6) is 7.53. The number of aromatic amines is 1. The van der Waals surface area contributed by atoms with E-state index in [0.29, 0.717) is 31.2 Å². The number of methoxy groups -OCH3 is 1. The smallest absolute Gasteiger partial charge is 0.242 e. The van der Waals surface area contributed by atoms with Gasteiger partial charge in [-0.3, -0.25) is 9.59 Å². The van der Waals surface area contributed by atoms with Crippen molar-refractivity contribution >= 4 is 18.2 Å². The van der Waals surface area contributed by atoms with Crippen molar-refractivity contribution in [3.8, 4) is 34.2 Å². The molecule has 4 rings (SSSR count). The first-order chi connectivity index (χ1) is 25.0. The highest BCUT2D eigenvalue weighted by molar-refractivity contribution is 5.86. The Balaban J connectivity index is 0.00000155. The molecule has 0 radical (unpaired) electrons. The Labute approximate surface area is 312 Å². The summed E-state index contributed by atoms with van der Waals surface area (Å²) in [4.78, 5) is 37.2. The van der Waals surface area contributed by atoms with Crippen LogP contribution in [-0.2, 0) is 26.3 Å². The molecular formula is C42H61N7O3. The Hall–Kier alpha value is -4.98. The molecule has 10 heteroatoms. The number of H-pyrrole nitrogens is 1. The fraction of sp³-hybridized carbons (Fsp3) is 0.429. The minimum atomic E-state index is -0.154. The molecule has 1 unspecified atom stereocenters. The largest absolute Gasteiger partial charge is 0.388 e. The average Bonchev–Trinajstić information content (AvgIpc) is 3.85. The molecule has 3 aromatic rings. The number of aromatic nitrogens is 2. The van der Waals surface area contributed by atoms with Crippen molar-refractivity contribution in [3.05, 3.63) is 91.0 Å². The first kappa shape index (κ1) is 45.0. The predicted molar refractivity (Wildman–Crippen MR) is 217 cm³/mol. The molecule has 1 fully saturated rings. The molecule has 1 saturated heterocycles. The number of aliphatic imine (C=N–C) groups is 1. The van der Waals surface area contributed by atoms with E-state index in [1.807, 2.05) is 19.1 Å². The maximum absolute atomic E-state index is 12.6. The van der Waals surface area contributed by atoms with E-state index in [0.717, 1.165) is 53.8 Å². The molecule has 2 amide bonds. The molecule has 2 aromatic carbocycles. The van der Waals surface area contributed by atoms with E-state index in [1.165, 1.54) is 12.0 Å². The summed E-state index contributed by atoms with van der Waals surface area (Å²) < 4.78 is 4.25. The van der Waals surface area contributed by atoms with Crippen molar-refractivity contribution in [2.45, 2.75) is 85.2 Å². The summed E-state index contributed by atoms with van der Waals surface area (Å²) in [6.07, 6.45) is 9.86. The summed E-state index contributed by atoms with van der Waals surface area (Å²) in [6, 6.07) is 14.9. The molecule has 1 aliphatic heterocycles. The van der Waals surface area contributed by atoms with Crippen molar-refractivity contribution in [2.75, 3.05) is 33.9 Å². The number of benzene rings is 2. The number of carbonyl (C=O) groups is 2. The van der Waals surface area contributed by atoms with Crippen LogP contribution in [0.3, 0.4) is 0 Å². The number of hydrogen-bond donors (Lipinski definition) is 4. The molecule has 1 aliphatic rings. The third kappa shape index (κ3) is 15.5. The molecule has 52 heavy (non-hydrogen) atoms. The number of allylic oxidation sites excluding steroid dienone is 1. The van der Waals surface area contributed by atoms with Crippen LogP contribution >= 0.6 is 0 Å². The zero-order valence-electron chi connectivity index (χ0n) is 32.6.